The Morgan fingerprint density at radius 2 is 1.50 bits per heavy atom. The van der Waals surface area contributed by atoms with Crippen LogP contribution >= 0.6 is 11.6 Å². The lowest BCUT2D eigenvalue weighted by Gasteiger charge is -2.19. The molecule has 2 unspecified atom stereocenters. The molecule has 1 fully saturated rings. The van der Waals surface area contributed by atoms with Crippen molar-refractivity contribution in [3.8, 4) is 0 Å². The van der Waals surface area contributed by atoms with Crippen molar-refractivity contribution < 1.29 is 9.59 Å². The van der Waals surface area contributed by atoms with Gasteiger partial charge in [0.2, 0.25) is 11.6 Å². The molecule has 0 bridgehead atoms. The van der Waals surface area contributed by atoms with Crippen LogP contribution in [0.2, 0.25) is 0 Å². The van der Waals surface area contributed by atoms with Gasteiger partial charge in [-0.25, -0.2) is 0 Å². The Morgan fingerprint density at radius 3 is 2.00 bits per heavy atom. The zero-order valence-corrected chi connectivity index (χ0v) is 10.9. The Morgan fingerprint density at radius 1 is 1.00 bits per heavy atom. The first kappa shape index (κ1) is 11.5. The van der Waals surface area contributed by atoms with Crippen molar-refractivity contribution >= 4 is 23.2 Å². The van der Waals surface area contributed by atoms with Crippen molar-refractivity contribution in [2.45, 2.75) is 25.9 Å². The van der Waals surface area contributed by atoms with Crippen molar-refractivity contribution in [3.63, 3.8) is 0 Å². The van der Waals surface area contributed by atoms with Crippen LogP contribution in [0.1, 0.15) is 34.6 Å². The van der Waals surface area contributed by atoms with E-state index >= 15 is 0 Å². The summed E-state index contributed by atoms with van der Waals surface area (Å²) in [7, 11) is 0. The number of carbonyl (C=O) groups excluding carboxylic acids is 2. The van der Waals surface area contributed by atoms with Gasteiger partial charge in [-0.15, -0.1) is 0 Å². The molecule has 1 aromatic carbocycles. The number of rotatable bonds is 1. The third-order valence-electron chi connectivity index (χ3n) is 3.78. The van der Waals surface area contributed by atoms with Gasteiger partial charge in [0.25, 0.3) is 0 Å². The van der Waals surface area contributed by atoms with Gasteiger partial charge >= 0.3 is 0 Å². The zero-order chi connectivity index (χ0) is 13.0. The standard InChI is InChI=1S/C14H12ClNO2/c1-7-8(2)16(7)12-11(15)13(17)9-5-3-4-6-10(9)14(12)18/h3-8H,1-2H3. The van der Waals surface area contributed by atoms with Crippen LogP contribution in [0, 0.1) is 0 Å². The molecule has 2 atom stereocenters. The van der Waals surface area contributed by atoms with Gasteiger partial charge in [-0.1, -0.05) is 35.9 Å². The third kappa shape index (κ3) is 1.37. The molecule has 2 aliphatic rings. The van der Waals surface area contributed by atoms with Crippen molar-refractivity contribution in [1.82, 2.24) is 4.90 Å². The largest absolute Gasteiger partial charge is 0.358 e. The summed E-state index contributed by atoms with van der Waals surface area (Å²) in [6, 6.07) is 7.34. The Balaban J connectivity index is 2.15. The average molecular weight is 262 g/mol. The Labute approximate surface area is 110 Å². The van der Waals surface area contributed by atoms with Gasteiger partial charge < -0.3 is 4.90 Å². The van der Waals surface area contributed by atoms with E-state index in [9.17, 15) is 9.59 Å². The van der Waals surface area contributed by atoms with Crippen molar-refractivity contribution in [3.05, 3.63) is 46.1 Å². The monoisotopic (exact) mass is 261 g/mol. The maximum atomic E-state index is 12.4. The van der Waals surface area contributed by atoms with Gasteiger partial charge in [-0.2, -0.15) is 0 Å². The minimum absolute atomic E-state index is 0.0508. The second-order valence-corrected chi connectivity index (χ2v) is 5.13. The van der Waals surface area contributed by atoms with Crippen LogP contribution in [-0.4, -0.2) is 28.6 Å². The molecule has 0 spiro atoms. The van der Waals surface area contributed by atoms with E-state index in [-0.39, 0.29) is 28.7 Å². The van der Waals surface area contributed by atoms with Gasteiger partial charge in [-0.3, -0.25) is 9.59 Å². The van der Waals surface area contributed by atoms with E-state index in [4.69, 9.17) is 11.6 Å². The molecular formula is C14H12ClNO2. The molecule has 1 aliphatic carbocycles. The first-order valence-corrected chi connectivity index (χ1v) is 6.28. The molecular weight excluding hydrogens is 250 g/mol. The summed E-state index contributed by atoms with van der Waals surface area (Å²) in [5.74, 6) is -0.403. The number of nitrogens with zero attached hydrogens (tertiary/aromatic N) is 1. The highest BCUT2D eigenvalue weighted by Crippen LogP contribution is 2.39. The summed E-state index contributed by atoms with van der Waals surface area (Å²) in [5, 5.41) is 0.0508. The van der Waals surface area contributed by atoms with Crippen LogP contribution in [0.15, 0.2) is 35.0 Å². The molecule has 0 N–H and O–H groups in total. The van der Waals surface area contributed by atoms with E-state index in [0.717, 1.165) is 0 Å². The number of benzene rings is 1. The number of halogens is 1. The Kier molecular flexibility index (Phi) is 2.35. The highest BCUT2D eigenvalue weighted by molar-refractivity contribution is 6.50. The number of fused-ring (bicyclic) bond motifs is 1. The highest BCUT2D eigenvalue weighted by Gasteiger charge is 2.47. The fraction of sp³-hybridized carbons (Fsp3) is 0.286. The van der Waals surface area contributed by atoms with Crippen LogP contribution < -0.4 is 0 Å². The molecule has 1 aliphatic heterocycles. The number of Topliss-reactive ketones (excluding diaryl/α,β-unsaturated/α-hetero) is 2. The van der Waals surface area contributed by atoms with Gasteiger partial charge in [0.1, 0.15) is 10.7 Å². The predicted octanol–water partition coefficient (Wildman–Crippen LogP) is 2.61. The molecule has 3 nitrogen and oxygen atoms in total. The Bertz CT molecular complexity index is 598. The number of ketones is 2. The quantitative estimate of drug-likeness (QED) is 0.729. The third-order valence-corrected chi connectivity index (χ3v) is 4.13. The summed E-state index contributed by atoms with van der Waals surface area (Å²) in [5.41, 5.74) is 1.21. The summed E-state index contributed by atoms with van der Waals surface area (Å²) in [6.07, 6.45) is 0. The molecule has 1 heterocycles. The van der Waals surface area contributed by atoms with E-state index < -0.39 is 0 Å². The second kappa shape index (κ2) is 3.69. The molecule has 0 amide bonds. The van der Waals surface area contributed by atoms with Crippen molar-refractivity contribution in [2.75, 3.05) is 0 Å². The average Bonchev–Trinajstić information content (AvgIpc) is 2.95. The number of allylic oxidation sites excluding steroid dienone is 2. The lowest BCUT2D eigenvalue weighted by atomic mass is 9.92. The van der Waals surface area contributed by atoms with E-state index in [2.05, 4.69) is 0 Å². The van der Waals surface area contributed by atoms with E-state index in [0.29, 0.717) is 16.8 Å². The van der Waals surface area contributed by atoms with Gasteiger partial charge in [0, 0.05) is 23.2 Å². The topological polar surface area (TPSA) is 37.1 Å². The molecule has 4 heteroatoms. The second-order valence-electron chi connectivity index (χ2n) is 4.75. The molecule has 0 saturated carbocycles. The predicted molar refractivity (Wildman–Crippen MR) is 68.7 cm³/mol. The summed E-state index contributed by atoms with van der Waals surface area (Å²) in [6.45, 7) is 4.03. The fourth-order valence-corrected chi connectivity index (χ4v) is 2.76. The highest BCUT2D eigenvalue weighted by atomic mass is 35.5. The normalized spacial score (nSPS) is 26.5. The number of carbonyl (C=O) groups is 2. The smallest absolute Gasteiger partial charge is 0.211 e. The van der Waals surface area contributed by atoms with Gasteiger partial charge in [-0.05, 0) is 13.8 Å². The zero-order valence-electron chi connectivity index (χ0n) is 10.1. The van der Waals surface area contributed by atoms with E-state index in [1.54, 1.807) is 24.3 Å². The van der Waals surface area contributed by atoms with E-state index in [1.165, 1.54) is 0 Å². The van der Waals surface area contributed by atoms with Crippen molar-refractivity contribution in [2.24, 2.45) is 0 Å². The SMILES string of the molecule is CC1C(C)N1C1=C(Cl)C(=O)c2ccccc2C1=O. The molecule has 3 rings (SSSR count). The van der Waals surface area contributed by atoms with E-state index in [1.807, 2.05) is 18.7 Å². The molecule has 1 aromatic rings. The molecule has 0 radical (unpaired) electrons. The lowest BCUT2D eigenvalue weighted by Crippen LogP contribution is -2.25. The number of hydrogen-bond acceptors (Lipinski definition) is 3. The first-order chi connectivity index (χ1) is 8.54. The van der Waals surface area contributed by atoms with Crippen LogP contribution in [0.4, 0.5) is 0 Å². The van der Waals surface area contributed by atoms with Crippen LogP contribution in [0.25, 0.3) is 0 Å². The molecule has 0 aromatic heterocycles. The minimum Gasteiger partial charge on any atom is -0.358 e. The molecule has 1 saturated heterocycles. The van der Waals surface area contributed by atoms with Gasteiger partial charge in [0.05, 0.1) is 0 Å². The van der Waals surface area contributed by atoms with Crippen LogP contribution in [0.5, 0.6) is 0 Å². The fourth-order valence-electron chi connectivity index (χ4n) is 2.47. The maximum Gasteiger partial charge on any atom is 0.211 e. The number of hydrogen-bond donors (Lipinski definition) is 0. The first-order valence-electron chi connectivity index (χ1n) is 5.90. The molecule has 18 heavy (non-hydrogen) atoms. The lowest BCUT2D eigenvalue weighted by molar-refractivity contribution is 0.0964. The minimum atomic E-state index is -0.256. The van der Waals surface area contributed by atoms with Crippen molar-refractivity contribution in [1.29, 1.82) is 0 Å². The summed E-state index contributed by atoms with van der Waals surface area (Å²) < 4.78 is 0. The van der Waals surface area contributed by atoms with Crippen LogP contribution in [-0.2, 0) is 0 Å². The maximum absolute atomic E-state index is 12.4. The molecule has 92 valence electrons. The summed E-state index contributed by atoms with van der Waals surface area (Å²) >= 11 is 6.09. The Hall–Kier alpha value is -1.61. The van der Waals surface area contributed by atoms with Crippen LogP contribution in [0.3, 0.4) is 0 Å². The summed E-state index contributed by atoms with van der Waals surface area (Å²) in [4.78, 5) is 26.5. The van der Waals surface area contributed by atoms with Gasteiger partial charge in [0.15, 0.2) is 0 Å².